The van der Waals surface area contributed by atoms with Gasteiger partial charge >= 0.3 is 0 Å². The van der Waals surface area contributed by atoms with E-state index in [9.17, 15) is 18.3 Å². The van der Waals surface area contributed by atoms with E-state index in [1.165, 1.54) is 10.4 Å². The molecule has 8 nitrogen and oxygen atoms in total. The van der Waals surface area contributed by atoms with Crippen molar-refractivity contribution in [3.05, 3.63) is 16.3 Å². The average Bonchev–Trinajstić information content (AvgIpc) is 3.18. The molecular formula is C17H28N2O6S2. The van der Waals surface area contributed by atoms with Gasteiger partial charge in [0.1, 0.15) is 9.77 Å². The second-order valence-electron chi connectivity index (χ2n) is 6.36. The third kappa shape index (κ3) is 5.49. The lowest BCUT2D eigenvalue weighted by Crippen LogP contribution is -2.40. The fourth-order valence-electron chi connectivity index (χ4n) is 3.02. The topological polar surface area (TPSA) is 107 Å². The van der Waals surface area contributed by atoms with Gasteiger partial charge in [-0.1, -0.05) is 0 Å². The fraction of sp³-hybridized carbons (Fsp3) is 0.706. The van der Waals surface area contributed by atoms with Crippen molar-refractivity contribution in [2.24, 2.45) is 5.92 Å². The van der Waals surface area contributed by atoms with Crippen molar-refractivity contribution in [1.82, 2.24) is 9.21 Å². The monoisotopic (exact) mass is 420 g/mol. The summed E-state index contributed by atoms with van der Waals surface area (Å²) in [4.78, 5) is 14.7. The number of likely N-dealkylation sites (N-methyl/N-ethyl adjacent to an activating group) is 1. The van der Waals surface area contributed by atoms with Crippen LogP contribution < -0.4 is 0 Å². The molecule has 1 aromatic heterocycles. The quantitative estimate of drug-likeness (QED) is 0.537. The lowest BCUT2D eigenvalue weighted by atomic mass is 10.00. The molecule has 1 amide bonds. The number of aliphatic hydroxyl groups is 2. The molecule has 2 N–H and O–H groups in total. The first-order valence-electron chi connectivity index (χ1n) is 9.12. The average molecular weight is 421 g/mol. The van der Waals surface area contributed by atoms with Gasteiger partial charge in [0.05, 0.1) is 19.8 Å². The third-order valence-electron chi connectivity index (χ3n) is 4.68. The highest BCUT2D eigenvalue weighted by atomic mass is 32.2. The minimum atomic E-state index is -3.75. The zero-order valence-corrected chi connectivity index (χ0v) is 17.2. The minimum absolute atomic E-state index is 0.0506. The molecule has 1 saturated heterocycles. The largest absolute Gasteiger partial charge is 0.396 e. The van der Waals surface area contributed by atoms with Crippen LogP contribution in [0.3, 0.4) is 0 Å². The van der Waals surface area contributed by atoms with Crippen LogP contribution in [0, 0.1) is 5.92 Å². The summed E-state index contributed by atoms with van der Waals surface area (Å²) < 4.78 is 32.7. The van der Waals surface area contributed by atoms with Crippen LogP contribution in [0.5, 0.6) is 0 Å². The van der Waals surface area contributed by atoms with E-state index < -0.39 is 10.0 Å². The molecule has 1 fully saturated rings. The summed E-state index contributed by atoms with van der Waals surface area (Å²) in [5.74, 6) is -0.196. The van der Waals surface area contributed by atoms with Gasteiger partial charge in [-0.3, -0.25) is 4.79 Å². The number of rotatable bonds is 10. The maximum Gasteiger partial charge on any atom is 0.265 e. The van der Waals surface area contributed by atoms with Crippen molar-refractivity contribution in [3.63, 3.8) is 0 Å². The number of aliphatic hydroxyl groups excluding tert-OH is 2. The van der Waals surface area contributed by atoms with E-state index in [0.29, 0.717) is 39.0 Å². The number of nitrogens with zero attached hydrogens (tertiary/aromatic N) is 2. The highest BCUT2D eigenvalue weighted by Crippen LogP contribution is 2.29. The van der Waals surface area contributed by atoms with Crippen molar-refractivity contribution in [1.29, 1.82) is 0 Å². The zero-order chi connectivity index (χ0) is 19.9. The predicted octanol–water partition coefficient (Wildman–Crippen LogP) is 0.612. The van der Waals surface area contributed by atoms with Crippen molar-refractivity contribution in [3.8, 4) is 0 Å². The van der Waals surface area contributed by atoms with Crippen LogP contribution in [0.15, 0.2) is 16.3 Å². The first kappa shape index (κ1) is 22.3. The SMILES string of the molecule is CCN(CCOCCO)C(=O)c1sccc1S(=O)(=O)N1CCC(CO)CC1. The van der Waals surface area contributed by atoms with E-state index >= 15 is 0 Å². The van der Waals surface area contributed by atoms with Gasteiger partial charge in [0.2, 0.25) is 10.0 Å². The van der Waals surface area contributed by atoms with E-state index in [1.807, 2.05) is 6.92 Å². The van der Waals surface area contributed by atoms with Gasteiger partial charge in [0, 0.05) is 32.8 Å². The maximum atomic E-state index is 13.0. The first-order chi connectivity index (χ1) is 13.0. The van der Waals surface area contributed by atoms with E-state index in [1.54, 1.807) is 10.3 Å². The van der Waals surface area contributed by atoms with Gasteiger partial charge in [-0.15, -0.1) is 11.3 Å². The summed E-state index contributed by atoms with van der Waals surface area (Å²) in [6.07, 6.45) is 1.23. The molecular weight excluding hydrogens is 392 g/mol. The van der Waals surface area contributed by atoms with Crippen molar-refractivity contribution < 1.29 is 28.2 Å². The first-order valence-corrected chi connectivity index (χ1v) is 11.4. The number of amides is 1. The van der Waals surface area contributed by atoms with E-state index in [4.69, 9.17) is 9.84 Å². The molecule has 1 aliphatic heterocycles. The minimum Gasteiger partial charge on any atom is -0.396 e. The molecule has 0 unspecified atom stereocenters. The van der Waals surface area contributed by atoms with Crippen LogP contribution in [-0.4, -0.2) is 86.3 Å². The molecule has 0 bridgehead atoms. The lowest BCUT2D eigenvalue weighted by molar-refractivity contribution is 0.0580. The summed E-state index contributed by atoms with van der Waals surface area (Å²) >= 11 is 1.12. The molecule has 2 rings (SSSR count). The van der Waals surface area contributed by atoms with Gasteiger partial charge in [-0.2, -0.15) is 4.31 Å². The Morgan fingerprint density at radius 3 is 2.63 bits per heavy atom. The molecule has 0 radical (unpaired) electrons. The molecule has 154 valence electrons. The molecule has 1 aromatic rings. The van der Waals surface area contributed by atoms with Gasteiger partial charge < -0.3 is 19.8 Å². The van der Waals surface area contributed by atoms with E-state index in [2.05, 4.69) is 0 Å². The molecule has 2 heterocycles. The van der Waals surface area contributed by atoms with Crippen LogP contribution in [0.2, 0.25) is 0 Å². The molecule has 0 aromatic carbocycles. The number of carbonyl (C=O) groups excluding carboxylic acids is 1. The molecule has 10 heteroatoms. The van der Waals surface area contributed by atoms with E-state index in [0.717, 1.165) is 11.3 Å². The van der Waals surface area contributed by atoms with Crippen molar-refractivity contribution >= 4 is 27.3 Å². The maximum absolute atomic E-state index is 13.0. The van der Waals surface area contributed by atoms with Gasteiger partial charge in [-0.05, 0) is 37.1 Å². The molecule has 27 heavy (non-hydrogen) atoms. The Morgan fingerprint density at radius 2 is 2.04 bits per heavy atom. The highest BCUT2D eigenvalue weighted by molar-refractivity contribution is 7.89. The second kappa shape index (κ2) is 10.5. The molecule has 0 spiro atoms. The van der Waals surface area contributed by atoms with E-state index in [-0.39, 0.29) is 48.0 Å². The van der Waals surface area contributed by atoms with Crippen LogP contribution in [0.1, 0.15) is 29.4 Å². The number of ether oxygens (including phenoxy) is 1. The Balaban J connectivity index is 2.12. The zero-order valence-electron chi connectivity index (χ0n) is 15.5. The number of carbonyl (C=O) groups is 1. The molecule has 1 aliphatic rings. The fourth-order valence-corrected chi connectivity index (χ4v) is 5.85. The standard InChI is InChI=1S/C17H28N2O6S2/c1-2-18(8-10-25-11-9-20)17(22)16-15(5-12-26-16)27(23,24)19-6-3-14(13-21)4-7-19/h5,12,14,20-21H,2-4,6-11,13H2,1H3. The van der Waals surface area contributed by atoms with Crippen LogP contribution in [0.25, 0.3) is 0 Å². The summed E-state index contributed by atoms with van der Waals surface area (Å²) in [6, 6.07) is 1.49. The smallest absolute Gasteiger partial charge is 0.265 e. The number of piperidine rings is 1. The van der Waals surface area contributed by atoms with Crippen LogP contribution >= 0.6 is 11.3 Å². The summed E-state index contributed by atoms with van der Waals surface area (Å²) in [6.45, 7) is 3.75. The highest BCUT2D eigenvalue weighted by Gasteiger charge is 2.33. The Bertz CT molecular complexity index is 698. The second-order valence-corrected chi connectivity index (χ2v) is 9.19. The van der Waals surface area contributed by atoms with Gasteiger partial charge in [0.15, 0.2) is 0 Å². The number of sulfonamides is 1. The van der Waals surface area contributed by atoms with Crippen LogP contribution in [-0.2, 0) is 14.8 Å². The molecule has 0 saturated carbocycles. The lowest BCUT2D eigenvalue weighted by Gasteiger charge is -2.30. The normalized spacial score (nSPS) is 16.6. The molecule has 0 aliphatic carbocycles. The summed E-state index contributed by atoms with van der Waals surface area (Å²) in [5, 5.41) is 19.6. The third-order valence-corrected chi connectivity index (χ3v) is 7.66. The van der Waals surface area contributed by atoms with Crippen molar-refractivity contribution in [2.45, 2.75) is 24.7 Å². The van der Waals surface area contributed by atoms with Crippen LogP contribution in [0.4, 0.5) is 0 Å². The van der Waals surface area contributed by atoms with Crippen molar-refractivity contribution in [2.75, 3.05) is 52.6 Å². The Kier molecular flexibility index (Phi) is 8.64. The number of thiophene rings is 1. The Hall–Kier alpha value is -1.04. The Morgan fingerprint density at radius 1 is 1.33 bits per heavy atom. The van der Waals surface area contributed by atoms with Gasteiger partial charge in [-0.25, -0.2) is 8.42 Å². The number of hydrogen-bond acceptors (Lipinski definition) is 7. The summed E-state index contributed by atoms with van der Waals surface area (Å²) in [7, 11) is -3.75. The predicted molar refractivity (Wildman–Crippen MR) is 102 cm³/mol. The number of hydrogen-bond donors (Lipinski definition) is 2. The summed E-state index contributed by atoms with van der Waals surface area (Å²) in [5.41, 5.74) is 0. The Labute approximate surface area is 164 Å². The van der Waals surface area contributed by atoms with Gasteiger partial charge in [0.25, 0.3) is 5.91 Å². The molecule has 0 atom stereocenters.